The number of hydrogen-bond acceptors (Lipinski definition) is 2. The minimum Gasteiger partial charge on any atom is -0.351 e. The molecule has 1 atom stereocenters. The summed E-state index contributed by atoms with van der Waals surface area (Å²) in [5.74, 6) is 0.396. The standard InChI is InChI=1S/C11H14FNO2S/c1-2-16(15)8-7-13-11(14)9-3-5-10(12)6-4-9/h3-6H,2,7-8H2,1H3,(H,13,14). The molecule has 0 radical (unpaired) electrons. The molecule has 0 aromatic heterocycles. The van der Waals surface area contributed by atoms with E-state index >= 15 is 0 Å². The van der Waals surface area contributed by atoms with Gasteiger partial charge in [0.25, 0.3) is 5.91 Å². The fourth-order valence-electron chi connectivity index (χ4n) is 1.13. The van der Waals surface area contributed by atoms with Crippen molar-refractivity contribution in [3.8, 4) is 0 Å². The number of rotatable bonds is 5. The largest absolute Gasteiger partial charge is 0.351 e. The predicted molar refractivity (Wildman–Crippen MR) is 62.3 cm³/mol. The average molecular weight is 243 g/mol. The molecule has 0 bridgehead atoms. The van der Waals surface area contributed by atoms with Gasteiger partial charge in [-0.3, -0.25) is 9.00 Å². The number of nitrogens with one attached hydrogen (secondary N) is 1. The Kier molecular flexibility index (Phi) is 5.11. The Morgan fingerprint density at radius 1 is 1.38 bits per heavy atom. The third-order valence-electron chi connectivity index (χ3n) is 2.04. The third kappa shape index (κ3) is 4.10. The molecular formula is C11H14FNO2S. The van der Waals surface area contributed by atoms with Crippen LogP contribution in [0.1, 0.15) is 17.3 Å². The van der Waals surface area contributed by atoms with Gasteiger partial charge in [-0.1, -0.05) is 6.92 Å². The van der Waals surface area contributed by atoms with Crippen molar-refractivity contribution in [1.82, 2.24) is 5.32 Å². The topological polar surface area (TPSA) is 46.2 Å². The van der Waals surface area contributed by atoms with E-state index in [4.69, 9.17) is 0 Å². The highest BCUT2D eigenvalue weighted by Crippen LogP contribution is 2.02. The molecule has 1 aromatic rings. The lowest BCUT2D eigenvalue weighted by atomic mass is 10.2. The fourth-order valence-corrected chi connectivity index (χ4v) is 1.74. The summed E-state index contributed by atoms with van der Waals surface area (Å²) >= 11 is 0. The van der Waals surface area contributed by atoms with Gasteiger partial charge in [0.05, 0.1) is 0 Å². The SMILES string of the molecule is CCS(=O)CCNC(=O)c1ccc(F)cc1. The van der Waals surface area contributed by atoms with Crippen LogP contribution >= 0.6 is 0 Å². The van der Waals surface area contributed by atoms with Crippen molar-refractivity contribution in [2.75, 3.05) is 18.1 Å². The van der Waals surface area contributed by atoms with Crippen molar-refractivity contribution in [3.63, 3.8) is 0 Å². The van der Waals surface area contributed by atoms with E-state index in [-0.39, 0.29) is 11.7 Å². The molecule has 0 heterocycles. The number of hydrogen-bond donors (Lipinski definition) is 1. The van der Waals surface area contributed by atoms with Crippen LogP contribution in [0.15, 0.2) is 24.3 Å². The number of benzene rings is 1. The molecule has 0 aliphatic rings. The first kappa shape index (κ1) is 12.8. The number of carbonyl (C=O) groups is 1. The zero-order valence-corrected chi connectivity index (χ0v) is 9.85. The van der Waals surface area contributed by atoms with Crippen molar-refractivity contribution in [2.45, 2.75) is 6.92 Å². The fraction of sp³-hybridized carbons (Fsp3) is 0.364. The summed E-state index contributed by atoms with van der Waals surface area (Å²) in [6.07, 6.45) is 0. The molecule has 0 spiro atoms. The highest BCUT2D eigenvalue weighted by molar-refractivity contribution is 7.84. The van der Waals surface area contributed by atoms with Crippen molar-refractivity contribution < 1.29 is 13.4 Å². The maximum atomic E-state index is 12.6. The van der Waals surface area contributed by atoms with E-state index in [1.165, 1.54) is 24.3 Å². The Balaban J connectivity index is 2.41. The Morgan fingerprint density at radius 3 is 2.56 bits per heavy atom. The van der Waals surface area contributed by atoms with Crippen LogP contribution in [0.3, 0.4) is 0 Å². The lowest BCUT2D eigenvalue weighted by Gasteiger charge is -2.04. The molecule has 0 aliphatic heterocycles. The van der Waals surface area contributed by atoms with Crippen LogP contribution in [0, 0.1) is 5.82 Å². The van der Waals surface area contributed by atoms with E-state index in [1.807, 2.05) is 6.92 Å². The van der Waals surface area contributed by atoms with Crippen LogP contribution in [0.25, 0.3) is 0 Å². The molecule has 1 aromatic carbocycles. The molecule has 1 amide bonds. The second kappa shape index (κ2) is 6.37. The normalized spacial score (nSPS) is 12.1. The van der Waals surface area contributed by atoms with Crippen LogP contribution in [-0.2, 0) is 10.8 Å². The predicted octanol–water partition coefficient (Wildman–Crippen LogP) is 1.32. The number of carbonyl (C=O) groups excluding carboxylic acids is 1. The lowest BCUT2D eigenvalue weighted by molar-refractivity contribution is 0.0956. The smallest absolute Gasteiger partial charge is 0.251 e. The summed E-state index contributed by atoms with van der Waals surface area (Å²) in [6, 6.07) is 5.31. The minimum absolute atomic E-state index is 0.270. The Hall–Kier alpha value is -1.23. The molecule has 0 aliphatic carbocycles. The van der Waals surface area contributed by atoms with Crippen molar-refractivity contribution in [3.05, 3.63) is 35.6 Å². The van der Waals surface area contributed by atoms with E-state index in [1.54, 1.807) is 0 Å². The molecule has 16 heavy (non-hydrogen) atoms. The van der Waals surface area contributed by atoms with Gasteiger partial charge >= 0.3 is 0 Å². The summed E-state index contributed by atoms with van der Waals surface area (Å²) in [7, 11) is -0.878. The van der Waals surface area contributed by atoms with Crippen LogP contribution < -0.4 is 5.32 Å². The maximum Gasteiger partial charge on any atom is 0.251 e. The van der Waals surface area contributed by atoms with E-state index in [9.17, 15) is 13.4 Å². The van der Waals surface area contributed by atoms with E-state index < -0.39 is 10.8 Å². The summed E-state index contributed by atoms with van der Waals surface area (Å²) in [5.41, 5.74) is 0.406. The van der Waals surface area contributed by atoms with Gasteiger partial charge in [0, 0.05) is 34.4 Å². The van der Waals surface area contributed by atoms with Crippen molar-refractivity contribution in [1.29, 1.82) is 0 Å². The van der Waals surface area contributed by atoms with Gasteiger partial charge < -0.3 is 5.32 Å². The Morgan fingerprint density at radius 2 is 2.00 bits per heavy atom. The molecule has 88 valence electrons. The van der Waals surface area contributed by atoms with Gasteiger partial charge in [0.1, 0.15) is 5.82 Å². The molecule has 5 heteroatoms. The molecule has 3 nitrogen and oxygen atoms in total. The van der Waals surface area contributed by atoms with Crippen molar-refractivity contribution >= 4 is 16.7 Å². The van der Waals surface area contributed by atoms with Gasteiger partial charge in [-0.15, -0.1) is 0 Å². The average Bonchev–Trinajstić information content (AvgIpc) is 2.29. The summed E-state index contributed by atoms with van der Waals surface area (Å²) in [4.78, 5) is 11.5. The number of amides is 1. The Bertz CT molecular complexity index is 378. The van der Waals surface area contributed by atoms with E-state index in [2.05, 4.69) is 5.32 Å². The first-order valence-corrected chi connectivity index (χ1v) is 6.51. The van der Waals surface area contributed by atoms with Gasteiger partial charge in [-0.05, 0) is 24.3 Å². The molecule has 0 saturated heterocycles. The highest BCUT2D eigenvalue weighted by Gasteiger charge is 2.05. The monoisotopic (exact) mass is 243 g/mol. The molecule has 1 N–H and O–H groups in total. The molecule has 1 rings (SSSR count). The van der Waals surface area contributed by atoms with Gasteiger partial charge in [0.15, 0.2) is 0 Å². The lowest BCUT2D eigenvalue weighted by Crippen LogP contribution is -2.27. The zero-order chi connectivity index (χ0) is 12.0. The van der Waals surface area contributed by atoms with Gasteiger partial charge in [-0.25, -0.2) is 4.39 Å². The molecule has 0 fully saturated rings. The third-order valence-corrected chi connectivity index (χ3v) is 3.35. The zero-order valence-electron chi connectivity index (χ0n) is 9.03. The highest BCUT2D eigenvalue weighted by atomic mass is 32.2. The maximum absolute atomic E-state index is 12.6. The van der Waals surface area contributed by atoms with Crippen LogP contribution in [-0.4, -0.2) is 28.2 Å². The van der Waals surface area contributed by atoms with E-state index in [0.717, 1.165) is 0 Å². The Labute approximate surface area is 96.5 Å². The quantitative estimate of drug-likeness (QED) is 0.848. The van der Waals surface area contributed by atoms with Gasteiger partial charge in [0.2, 0.25) is 0 Å². The molecule has 0 saturated carbocycles. The minimum atomic E-state index is -0.878. The second-order valence-corrected chi connectivity index (χ2v) is 5.06. The molecule has 1 unspecified atom stereocenters. The van der Waals surface area contributed by atoms with Crippen LogP contribution in [0.4, 0.5) is 4.39 Å². The number of halogens is 1. The van der Waals surface area contributed by atoms with Gasteiger partial charge in [-0.2, -0.15) is 0 Å². The first-order valence-electron chi connectivity index (χ1n) is 5.02. The summed E-state index contributed by atoms with van der Waals surface area (Å²) in [6.45, 7) is 2.20. The molecular weight excluding hydrogens is 229 g/mol. The van der Waals surface area contributed by atoms with Crippen LogP contribution in [0.2, 0.25) is 0 Å². The second-order valence-electron chi connectivity index (χ2n) is 3.20. The van der Waals surface area contributed by atoms with E-state index in [0.29, 0.717) is 23.6 Å². The summed E-state index contributed by atoms with van der Waals surface area (Å²) in [5, 5.41) is 2.63. The van der Waals surface area contributed by atoms with Crippen LogP contribution in [0.5, 0.6) is 0 Å². The van der Waals surface area contributed by atoms with Crippen molar-refractivity contribution in [2.24, 2.45) is 0 Å². The summed E-state index contributed by atoms with van der Waals surface area (Å²) < 4.78 is 23.7. The first-order chi connectivity index (χ1) is 7.63.